The molecular formula is C20H33IN4O. The third-order valence-corrected chi connectivity index (χ3v) is 5.48. The maximum absolute atomic E-state index is 6.31. The normalized spacial score (nSPS) is 21.3. The van der Waals surface area contributed by atoms with Crippen LogP contribution in [0.2, 0.25) is 0 Å². The number of halogens is 1. The van der Waals surface area contributed by atoms with Gasteiger partial charge in [0.1, 0.15) is 0 Å². The van der Waals surface area contributed by atoms with Crippen molar-refractivity contribution in [1.82, 2.24) is 9.80 Å². The summed E-state index contributed by atoms with van der Waals surface area (Å²) in [5.41, 5.74) is 8.91. The SMILES string of the molecule is Cc1ccc(C(CN=C(N)N2CCC(C)CC2)N2CCOCC2)cc1.I. The number of morpholine rings is 1. The van der Waals surface area contributed by atoms with Gasteiger partial charge in [-0.2, -0.15) is 0 Å². The fraction of sp³-hybridized carbons (Fsp3) is 0.650. The van der Waals surface area contributed by atoms with Crippen LogP contribution in [-0.4, -0.2) is 61.7 Å². The number of aryl methyl sites for hydroxylation is 1. The van der Waals surface area contributed by atoms with E-state index in [1.165, 1.54) is 24.0 Å². The maximum atomic E-state index is 6.31. The zero-order valence-corrected chi connectivity index (χ0v) is 18.4. The van der Waals surface area contributed by atoms with E-state index in [4.69, 9.17) is 15.5 Å². The van der Waals surface area contributed by atoms with E-state index in [-0.39, 0.29) is 30.0 Å². The lowest BCUT2D eigenvalue weighted by Gasteiger charge is -2.35. The Bertz CT molecular complexity index is 564. The summed E-state index contributed by atoms with van der Waals surface area (Å²) in [6, 6.07) is 9.09. The van der Waals surface area contributed by atoms with E-state index in [0.717, 1.165) is 45.3 Å². The number of nitrogens with two attached hydrogens (primary N) is 1. The van der Waals surface area contributed by atoms with Gasteiger partial charge in [-0.3, -0.25) is 9.89 Å². The monoisotopic (exact) mass is 472 g/mol. The molecule has 0 amide bonds. The molecule has 2 aliphatic rings. The molecule has 1 aromatic rings. The molecule has 0 aliphatic carbocycles. The molecule has 146 valence electrons. The van der Waals surface area contributed by atoms with Crippen molar-refractivity contribution in [3.05, 3.63) is 35.4 Å². The Balaban J connectivity index is 0.00000243. The van der Waals surface area contributed by atoms with Gasteiger partial charge in [-0.25, -0.2) is 0 Å². The predicted octanol–water partition coefficient (Wildman–Crippen LogP) is 3.03. The number of hydrogen-bond donors (Lipinski definition) is 1. The lowest BCUT2D eigenvalue weighted by molar-refractivity contribution is 0.0179. The molecule has 0 aromatic heterocycles. The molecule has 0 saturated carbocycles. The molecule has 0 spiro atoms. The average molecular weight is 472 g/mol. The van der Waals surface area contributed by atoms with Crippen LogP contribution in [0.5, 0.6) is 0 Å². The maximum Gasteiger partial charge on any atom is 0.191 e. The minimum Gasteiger partial charge on any atom is -0.379 e. The molecule has 0 bridgehead atoms. The van der Waals surface area contributed by atoms with Gasteiger partial charge < -0.3 is 15.4 Å². The highest BCUT2D eigenvalue weighted by atomic mass is 127. The first kappa shape index (κ1) is 21.4. The van der Waals surface area contributed by atoms with Crippen LogP contribution in [0.1, 0.15) is 36.9 Å². The number of nitrogens with zero attached hydrogens (tertiary/aromatic N) is 3. The average Bonchev–Trinajstić information content (AvgIpc) is 2.64. The topological polar surface area (TPSA) is 54.1 Å². The van der Waals surface area contributed by atoms with E-state index in [2.05, 4.69) is 47.9 Å². The molecule has 1 aromatic carbocycles. The molecule has 6 heteroatoms. The first-order valence-electron chi connectivity index (χ1n) is 9.56. The number of benzene rings is 1. The van der Waals surface area contributed by atoms with E-state index in [1.54, 1.807) is 0 Å². The molecule has 2 saturated heterocycles. The molecule has 1 unspecified atom stereocenters. The van der Waals surface area contributed by atoms with Crippen LogP contribution in [0.3, 0.4) is 0 Å². The quantitative estimate of drug-likeness (QED) is 0.416. The number of rotatable bonds is 4. The van der Waals surface area contributed by atoms with Crippen molar-refractivity contribution in [3.63, 3.8) is 0 Å². The summed E-state index contributed by atoms with van der Waals surface area (Å²) in [4.78, 5) is 9.50. The summed E-state index contributed by atoms with van der Waals surface area (Å²) in [5, 5.41) is 0. The van der Waals surface area contributed by atoms with Crippen molar-refractivity contribution < 1.29 is 4.74 Å². The highest BCUT2D eigenvalue weighted by molar-refractivity contribution is 14.0. The van der Waals surface area contributed by atoms with E-state index < -0.39 is 0 Å². The van der Waals surface area contributed by atoms with Gasteiger partial charge in [-0.1, -0.05) is 36.8 Å². The van der Waals surface area contributed by atoms with Crippen LogP contribution < -0.4 is 5.73 Å². The van der Waals surface area contributed by atoms with E-state index in [0.29, 0.717) is 12.5 Å². The lowest BCUT2D eigenvalue weighted by atomic mass is 10.00. The van der Waals surface area contributed by atoms with Crippen molar-refractivity contribution in [2.24, 2.45) is 16.6 Å². The number of hydrogen-bond acceptors (Lipinski definition) is 3. The van der Waals surface area contributed by atoms with Gasteiger partial charge in [0.05, 0.1) is 25.8 Å². The Morgan fingerprint density at radius 2 is 1.77 bits per heavy atom. The molecular weight excluding hydrogens is 439 g/mol. The Morgan fingerprint density at radius 1 is 1.15 bits per heavy atom. The Kier molecular flexibility index (Phi) is 8.63. The summed E-state index contributed by atoms with van der Waals surface area (Å²) in [6.45, 7) is 10.7. The van der Waals surface area contributed by atoms with Gasteiger partial charge in [0.15, 0.2) is 5.96 Å². The molecule has 3 rings (SSSR count). The second-order valence-electron chi connectivity index (χ2n) is 7.44. The van der Waals surface area contributed by atoms with Gasteiger partial charge in [-0.05, 0) is 31.2 Å². The van der Waals surface area contributed by atoms with Gasteiger partial charge in [0, 0.05) is 26.2 Å². The van der Waals surface area contributed by atoms with E-state index in [9.17, 15) is 0 Å². The zero-order chi connectivity index (χ0) is 17.6. The molecule has 2 heterocycles. The first-order valence-corrected chi connectivity index (χ1v) is 9.56. The van der Waals surface area contributed by atoms with Gasteiger partial charge in [-0.15, -0.1) is 24.0 Å². The van der Waals surface area contributed by atoms with Crippen LogP contribution in [-0.2, 0) is 4.74 Å². The van der Waals surface area contributed by atoms with Crippen molar-refractivity contribution in [2.75, 3.05) is 45.9 Å². The Labute approximate surface area is 175 Å². The summed E-state index contributed by atoms with van der Waals surface area (Å²) in [5.74, 6) is 1.51. The molecule has 0 radical (unpaired) electrons. The fourth-order valence-electron chi connectivity index (χ4n) is 3.63. The number of ether oxygens (including phenoxy) is 1. The van der Waals surface area contributed by atoms with Crippen molar-refractivity contribution in [1.29, 1.82) is 0 Å². The second-order valence-corrected chi connectivity index (χ2v) is 7.44. The van der Waals surface area contributed by atoms with Gasteiger partial charge in [0.2, 0.25) is 0 Å². The number of piperidine rings is 1. The van der Waals surface area contributed by atoms with Gasteiger partial charge in [0.25, 0.3) is 0 Å². The summed E-state index contributed by atoms with van der Waals surface area (Å²) >= 11 is 0. The smallest absolute Gasteiger partial charge is 0.191 e. The molecule has 26 heavy (non-hydrogen) atoms. The number of aliphatic imine (C=N–C) groups is 1. The van der Waals surface area contributed by atoms with Crippen molar-refractivity contribution >= 4 is 29.9 Å². The molecule has 2 N–H and O–H groups in total. The number of guanidine groups is 1. The Hall–Kier alpha value is -0.860. The minimum atomic E-state index is 0. The van der Waals surface area contributed by atoms with Gasteiger partial charge >= 0.3 is 0 Å². The molecule has 5 nitrogen and oxygen atoms in total. The lowest BCUT2D eigenvalue weighted by Crippen LogP contribution is -2.44. The molecule has 2 aliphatic heterocycles. The van der Waals surface area contributed by atoms with Crippen LogP contribution in [0.15, 0.2) is 29.3 Å². The van der Waals surface area contributed by atoms with E-state index >= 15 is 0 Å². The predicted molar refractivity (Wildman–Crippen MR) is 118 cm³/mol. The van der Waals surface area contributed by atoms with Crippen LogP contribution >= 0.6 is 24.0 Å². The van der Waals surface area contributed by atoms with Crippen LogP contribution in [0, 0.1) is 12.8 Å². The summed E-state index contributed by atoms with van der Waals surface area (Å²) in [7, 11) is 0. The zero-order valence-electron chi connectivity index (χ0n) is 16.1. The van der Waals surface area contributed by atoms with Crippen LogP contribution in [0.25, 0.3) is 0 Å². The molecule has 1 atom stereocenters. The third kappa shape index (κ3) is 5.82. The number of likely N-dealkylation sites (tertiary alicyclic amines) is 1. The standard InChI is InChI=1S/C20H32N4O.HI/c1-16-3-5-18(6-4-16)19(23-11-13-25-14-12-23)15-22-20(21)24-9-7-17(2)8-10-24;/h3-6,17,19H,7-15H2,1-2H3,(H2,21,22);1H. The van der Waals surface area contributed by atoms with Crippen LogP contribution in [0.4, 0.5) is 0 Å². The highest BCUT2D eigenvalue weighted by Gasteiger charge is 2.23. The summed E-state index contributed by atoms with van der Waals surface area (Å²) in [6.07, 6.45) is 2.42. The second kappa shape index (κ2) is 10.5. The first-order chi connectivity index (χ1) is 12.1. The largest absolute Gasteiger partial charge is 0.379 e. The highest BCUT2D eigenvalue weighted by Crippen LogP contribution is 2.23. The van der Waals surface area contributed by atoms with Crippen molar-refractivity contribution in [2.45, 2.75) is 32.7 Å². The fourth-order valence-corrected chi connectivity index (χ4v) is 3.63. The van der Waals surface area contributed by atoms with E-state index in [1.807, 2.05) is 0 Å². The third-order valence-electron chi connectivity index (χ3n) is 5.48. The summed E-state index contributed by atoms with van der Waals surface area (Å²) < 4.78 is 5.53. The minimum absolute atomic E-state index is 0. The molecule has 2 fully saturated rings. The Morgan fingerprint density at radius 3 is 2.38 bits per heavy atom. The van der Waals surface area contributed by atoms with Crippen molar-refractivity contribution in [3.8, 4) is 0 Å².